The molecule has 0 N–H and O–H groups in total. The zero-order chi connectivity index (χ0) is 19.8. The molecule has 0 aromatic heterocycles. The third-order valence-corrected chi connectivity index (χ3v) is 6.09. The summed E-state index contributed by atoms with van der Waals surface area (Å²) in [4.78, 5) is 26.9. The van der Waals surface area contributed by atoms with Crippen molar-refractivity contribution in [2.75, 3.05) is 13.2 Å². The third-order valence-electron chi connectivity index (χ3n) is 6.09. The molecule has 0 saturated carbocycles. The normalized spacial score (nSPS) is 23.7. The molecule has 0 radical (unpaired) electrons. The van der Waals surface area contributed by atoms with Crippen molar-refractivity contribution in [1.29, 1.82) is 0 Å². The lowest BCUT2D eigenvalue weighted by atomic mass is 9.68. The molecule has 1 atom stereocenters. The van der Waals surface area contributed by atoms with Crippen molar-refractivity contribution in [1.82, 2.24) is 4.90 Å². The predicted molar refractivity (Wildman–Crippen MR) is 108 cm³/mol. The first kappa shape index (κ1) is 18.9. The van der Waals surface area contributed by atoms with E-state index in [0.717, 1.165) is 25.7 Å². The average Bonchev–Trinajstić information content (AvgIpc) is 2.91. The van der Waals surface area contributed by atoms with Crippen LogP contribution < -0.4 is 0 Å². The van der Waals surface area contributed by atoms with Crippen LogP contribution in [-0.4, -0.2) is 35.5 Å². The largest absolute Gasteiger partial charge is 0.376 e. The Morgan fingerprint density at radius 3 is 2.14 bits per heavy atom. The van der Waals surface area contributed by atoms with Gasteiger partial charge in [-0.25, -0.2) is 0 Å². The first-order valence-corrected chi connectivity index (χ1v) is 10.0. The second-order valence-electron chi connectivity index (χ2n) is 8.75. The van der Waals surface area contributed by atoms with Crippen LogP contribution in [0.4, 0.5) is 0 Å². The van der Waals surface area contributed by atoms with Crippen LogP contribution in [0.5, 0.6) is 0 Å². The number of benzene rings is 2. The highest BCUT2D eigenvalue weighted by Gasteiger charge is 2.43. The molecule has 4 heteroatoms. The standard InChI is InChI=1S/C24H27NO3/c1-23(2)17-24(13-15-28-23,16-18-8-4-3-5-9-18)12-14-25-21(26)19-10-6-7-11-20(19)22(25)27/h3-11H,12-17H2,1-2H3/t24-/m0/s1. The predicted octanol–water partition coefficient (Wildman–Crippen LogP) is 4.49. The van der Waals surface area contributed by atoms with Gasteiger partial charge in [-0.1, -0.05) is 42.5 Å². The van der Waals surface area contributed by atoms with E-state index in [1.165, 1.54) is 10.5 Å². The molecule has 1 fully saturated rings. The highest BCUT2D eigenvalue weighted by atomic mass is 16.5. The maximum Gasteiger partial charge on any atom is 0.261 e. The number of hydrogen-bond donors (Lipinski definition) is 0. The van der Waals surface area contributed by atoms with Gasteiger partial charge >= 0.3 is 0 Å². The van der Waals surface area contributed by atoms with Crippen LogP contribution in [0.3, 0.4) is 0 Å². The molecular formula is C24H27NO3. The second kappa shape index (κ2) is 7.17. The molecule has 2 heterocycles. The van der Waals surface area contributed by atoms with Gasteiger partial charge in [0.1, 0.15) is 0 Å². The molecule has 2 aliphatic heterocycles. The van der Waals surface area contributed by atoms with E-state index >= 15 is 0 Å². The Hall–Kier alpha value is -2.46. The minimum atomic E-state index is -0.199. The van der Waals surface area contributed by atoms with Gasteiger partial charge in [0.2, 0.25) is 0 Å². The number of nitrogens with zero attached hydrogens (tertiary/aromatic N) is 1. The van der Waals surface area contributed by atoms with E-state index < -0.39 is 0 Å². The van der Waals surface area contributed by atoms with Gasteiger partial charge in [0.05, 0.1) is 16.7 Å². The van der Waals surface area contributed by atoms with Crippen LogP contribution in [0, 0.1) is 5.41 Å². The van der Waals surface area contributed by atoms with Crippen LogP contribution in [0.25, 0.3) is 0 Å². The Kier molecular flexibility index (Phi) is 4.84. The highest BCUT2D eigenvalue weighted by Crippen LogP contribution is 2.44. The number of carbonyl (C=O) groups excluding carboxylic acids is 2. The molecule has 146 valence electrons. The Morgan fingerprint density at radius 1 is 0.929 bits per heavy atom. The number of amides is 2. The molecule has 2 aromatic carbocycles. The molecule has 4 nitrogen and oxygen atoms in total. The molecule has 0 aliphatic carbocycles. The van der Waals surface area contributed by atoms with E-state index in [-0.39, 0.29) is 22.8 Å². The summed E-state index contributed by atoms with van der Waals surface area (Å²) >= 11 is 0. The van der Waals surface area contributed by atoms with Gasteiger partial charge in [0.15, 0.2) is 0 Å². The Labute approximate surface area is 166 Å². The highest BCUT2D eigenvalue weighted by molar-refractivity contribution is 6.21. The lowest BCUT2D eigenvalue weighted by Gasteiger charge is -2.45. The third kappa shape index (κ3) is 3.61. The van der Waals surface area contributed by atoms with Gasteiger partial charge < -0.3 is 4.74 Å². The van der Waals surface area contributed by atoms with Crippen LogP contribution in [-0.2, 0) is 11.2 Å². The van der Waals surface area contributed by atoms with Gasteiger partial charge in [-0.15, -0.1) is 0 Å². The molecule has 2 aliphatic rings. The molecule has 28 heavy (non-hydrogen) atoms. The maximum atomic E-state index is 12.8. The van der Waals surface area contributed by atoms with Crippen molar-refractivity contribution in [3.8, 4) is 0 Å². The summed E-state index contributed by atoms with van der Waals surface area (Å²) in [6.07, 6.45) is 3.58. The van der Waals surface area contributed by atoms with E-state index in [1.807, 2.05) is 18.2 Å². The maximum absolute atomic E-state index is 12.8. The summed E-state index contributed by atoms with van der Waals surface area (Å²) in [6, 6.07) is 17.6. The molecule has 1 saturated heterocycles. The monoisotopic (exact) mass is 377 g/mol. The fraction of sp³-hybridized carbons (Fsp3) is 0.417. The zero-order valence-corrected chi connectivity index (χ0v) is 16.6. The molecular weight excluding hydrogens is 350 g/mol. The zero-order valence-electron chi connectivity index (χ0n) is 16.6. The summed E-state index contributed by atoms with van der Waals surface area (Å²) in [7, 11) is 0. The van der Waals surface area contributed by atoms with Crippen molar-refractivity contribution in [3.05, 3.63) is 71.3 Å². The van der Waals surface area contributed by atoms with Crippen LogP contribution in [0.1, 0.15) is 59.4 Å². The van der Waals surface area contributed by atoms with E-state index in [9.17, 15) is 9.59 Å². The number of fused-ring (bicyclic) bond motifs is 1. The molecule has 2 aromatic rings. The van der Waals surface area contributed by atoms with Gasteiger partial charge in [0.25, 0.3) is 11.8 Å². The summed E-state index contributed by atoms with van der Waals surface area (Å²) in [6.45, 7) is 5.43. The lowest BCUT2D eigenvalue weighted by Crippen LogP contribution is -2.44. The Balaban J connectivity index is 1.55. The van der Waals surface area contributed by atoms with Gasteiger partial charge in [-0.3, -0.25) is 14.5 Å². The van der Waals surface area contributed by atoms with Crippen molar-refractivity contribution >= 4 is 11.8 Å². The second-order valence-corrected chi connectivity index (χ2v) is 8.75. The average molecular weight is 377 g/mol. The van der Waals surface area contributed by atoms with E-state index in [2.05, 4.69) is 38.1 Å². The van der Waals surface area contributed by atoms with Crippen molar-refractivity contribution < 1.29 is 14.3 Å². The molecule has 4 rings (SSSR count). The van der Waals surface area contributed by atoms with E-state index in [4.69, 9.17) is 4.74 Å². The van der Waals surface area contributed by atoms with Gasteiger partial charge in [-0.05, 0) is 62.6 Å². The summed E-state index contributed by atoms with van der Waals surface area (Å²) in [5.74, 6) is -0.330. The fourth-order valence-electron chi connectivity index (χ4n) is 4.86. The van der Waals surface area contributed by atoms with Crippen LogP contribution in [0.2, 0.25) is 0 Å². The molecule has 0 bridgehead atoms. The summed E-state index contributed by atoms with van der Waals surface area (Å²) in [5, 5.41) is 0. The first-order valence-electron chi connectivity index (χ1n) is 10.0. The van der Waals surface area contributed by atoms with Gasteiger partial charge in [-0.2, -0.15) is 0 Å². The van der Waals surface area contributed by atoms with Gasteiger partial charge in [0, 0.05) is 13.2 Å². The quantitative estimate of drug-likeness (QED) is 0.721. The van der Waals surface area contributed by atoms with Crippen LogP contribution >= 0.6 is 0 Å². The minimum absolute atomic E-state index is 0.0123. The number of imide groups is 1. The first-order chi connectivity index (χ1) is 13.4. The van der Waals surface area contributed by atoms with E-state index in [1.54, 1.807) is 12.1 Å². The molecule has 2 amide bonds. The number of rotatable bonds is 5. The fourth-order valence-corrected chi connectivity index (χ4v) is 4.86. The summed E-state index contributed by atoms with van der Waals surface area (Å²) in [5.41, 5.74) is 2.16. The molecule has 0 unspecified atom stereocenters. The number of ether oxygens (including phenoxy) is 1. The summed E-state index contributed by atoms with van der Waals surface area (Å²) < 4.78 is 5.98. The van der Waals surface area contributed by atoms with E-state index in [0.29, 0.717) is 24.3 Å². The number of hydrogen-bond acceptors (Lipinski definition) is 3. The Morgan fingerprint density at radius 2 is 1.54 bits per heavy atom. The minimum Gasteiger partial charge on any atom is -0.376 e. The lowest BCUT2D eigenvalue weighted by molar-refractivity contribution is -0.107. The number of carbonyl (C=O) groups is 2. The van der Waals surface area contributed by atoms with Crippen molar-refractivity contribution in [2.45, 2.75) is 45.1 Å². The van der Waals surface area contributed by atoms with Crippen molar-refractivity contribution in [2.24, 2.45) is 5.41 Å². The van der Waals surface area contributed by atoms with Crippen LogP contribution in [0.15, 0.2) is 54.6 Å². The SMILES string of the molecule is CC1(C)C[C@](CCN2C(=O)c3ccccc3C2=O)(Cc2ccccc2)CCO1. The topological polar surface area (TPSA) is 46.6 Å². The molecule has 0 spiro atoms. The smallest absolute Gasteiger partial charge is 0.261 e. The Bertz CT molecular complexity index is 855. The van der Waals surface area contributed by atoms with Crippen molar-refractivity contribution in [3.63, 3.8) is 0 Å².